The van der Waals surface area contributed by atoms with Gasteiger partial charge < -0.3 is 4.42 Å². The first-order valence-corrected chi connectivity index (χ1v) is 14.6. The Kier molecular flexibility index (Phi) is 4.83. The average molecular weight is 549 g/mol. The van der Waals surface area contributed by atoms with Crippen LogP contribution in [0.1, 0.15) is 2.74 Å². The van der Waals surface area contributed by atoms with Gasteiger partial charge in [-0.05, 0) is 96.0 Å². The van der Waals surface area contributed by atoms with E-state index in [1.807, 2.05) is 36.4 Å². The molecule has 9 aromatic rings. The maximum atomic E-state index is 8.35. The molecule has 0 spiro atoms. The van der Waals surface area contributed by atoms with Crippen LogP contribution in [0.2, 0.25) is 0 Å². The van der Waals surface area contributed by atoms with Gasteiger partial charge in [0.2, 0.25) is 0 Å². The Labute approximate surface area is 252 Å². The van der Waals surface area contributed by atoms with Gasteiger partial charge in [0.1, 0.15) is 11.2 Å². The smallest absolute Gasteiger partial charge is 0.135 e. The van der Waals surface area contributed by atoms with Crippen LogP contribution in [0.15, 0.2) is 162 Å². The third-order valence-corrected chi connectivity index (χ3v) is 8.69. The number of hydrogen-bond donors (Lipinski definition) is 0. The molecule has 0 unspecified atom stereocenters. The first-order chi connectivity index (χ1) is 22.1. The molecule has 9 rings (SSSR count). The fraction of sp³-hybridized carbons (Fsp3) is 0. The summed E-state index contributed by atoms with van der Waals surface area (Å²) in [5.41, 5.74) is 8.46. The summed E-state index contributed by atoms with van der Waals surface area (Å²) < 4.78 is 22.4. The summed E-state index contributed by atoms with van der Waals surface area (Å²) in [5.74, 6) is 0. The quantitative estimate of drug-likeness (QED) is 0.200. The molecule has 0 N–H and O–H groups in total. The zero-order valence-electron chi connectivity index (χ0n) is 25.3. The minimum absolute atomic E-state index is 0.401. The van der Waals surface area contributed by atoms with Gasteiger partial charge in [0, 0.05) is 10.8 Å². The first kappa shape index (κ1) is 22.0. The standard InChI is InChI=1S/C42H26O/c1-2-11-28-24-30(21-20-27(28)10-1)29-12-9-13-31(25-29)41-34-15-3-5-17-36(34)42(37-18-6-4-16-35(37)41)32-22-23-40-38(26-32)33-14-7-8-19-39(33)43-40/h1-26H/i1D,19D. The van der Waals surface area contributed by atoms with E-state index in [0.29, 0.717) is 17.7 Å². The van der Waals surface area contributed by atoms with Crippen molar-refractivity contribution < 1.29 is 7.16 Å². The van der Waals surface area contributed by atoms with Crippen LogP contribution >= 0.6 is 0 Å². The number of rotatable bonds is 3. The van der Waals surface area contributed by atoms with Crippen LogP contribution in [-0.4, -0.2) is 0 Å². The van der Waals surface area contributed by atoms with Gasteiger partial charge in [-0.3, -0.25) is 0 Å². The number of fused-ring (bicyclic) bond motifs is 6. The molecule has 0 amide bonds. The normalized spacial score (nSPS) is 12.4. The third-order valence-electron chi connectivity index (χ3n) is 8.69. The van der Waals surface area contributed by atoms with Gasteiger partial charge in [-0.2, -0.15) is 0 Å². The zero-order valence-corrected chi connectivity index (χ0v) is 23.3. The van der Waals surface area contributed by atoms with Crippen molar-refractivity contribution in [2.75, 3.05) is 0 Å². The molecule has 0 fully saturated rings. The predicted molar refractivity (Wildman–Crippen MR) is 183 cm³/mol. The number of furan rings is 1. The van der Waals surface area contributed by atoms with Crippen LogP contribution in [0.3, 0.4) is 0 Å². The maximum absolute atomic E-state index is 8.35. The van der Waals surface area contributed by atoms with Crippen LogP contribution in [0.5, 0.6) is 0 Å². The summed E-state index contributed by atoms with van der Waals surface area (Å²) in [6, 6.07) is 51.6. The Morgan fingerprint density at radius 1 is 0.372 bits per heavy atom. The Bertz CT molecular complexity index is 2570. The van der Waals surface area contributed by atoms with Gasteiger partial charge in [-0.15, -0.1) is 0 Å². The van der Waals surface area contributed by atoms with E-state index in [4.69, 9.17) is 7.16 Å². The van der Waals surface area contributed by atoms with Crippen LogP contribution in [0, 0.1) is 0 Å². The van der Waals surface area contributed by atoms with Crippen LogP contribution < -0.4 is 0 Å². The Hall–Kier alpha value is -5.66. The van der Waals surface area contributed by atoms with E-state index in [2.05, 4.69) is 103 Å². The van der Waals surface area contributed by atoms with Gasteiger partial charge in [-0.25, -0.2) is 0 Å². The van der Waals surface area contributed by atoms with E-state index in [1.165, 1.54) is 38.2 Å². The number of para-hydroxylation sites is 1. The molecule has 0 aliphatic rings. The van der Waals surface area contributed by atoms with Gasteiger partial charge >= 0.3 is 0 Å². The van der Waals surface area contributed by atoms with Crippen molar-refractivity contribution in [3.05, 3.63) is 158 Å². The maximum Gasteiger partial charge on any atom is 0.135 e. The van der Waals surface area contributed by atoms with Gasteiger partial charge in [0.15, 0.2) is 0 Å². The molecular weight excluding hydrogens is 520 g/mol. The second kappa shape index (κ2) is 9.44. The van der Waals surface area contributed by atoms with Crippen molar-refractivity contribution >= 4 is 54.3 Å². The number of benzene rings is 8. The van der Waals surface area contributed by atoms with E-state index in [0.717, 1.165) is 43.8 Å². The van der Waals surface area contributed by atoms with Gasteiger partial charge in [-0.1, -0.05) is 127 Å². The van der Waals surface area contributed by atoms with Gasteiger partial charge in [0.25, 0.3) is 0 Å². The highest BCUT2D eigenvalue weighted by atomic mass is 16.3. The topological polar surface area (TPSA) is 13.1 Å². The predicted octanol–water partition coefficient (Wildman–Crippen LogP) is 12.0. The van der Waals surface area contributed by atoms with E-state index in [-0.39, 0.29) is 0 Å². The highest BCUT2D eigenvalue weighted by Gasteiger charge is 2.18. The van der Waals surface area contributed by atoms with Crippen molar-refractivity contribution in [1.29, 1.82) is 0 Å². The molecule has 0 bridgehead atoms. The van der Waals surface area contributed by atoms with Crippen LogP contribution in [0.4, 0.5) is 0 Å². The second-order valence-electron chi connectivity index (χ2n) is 11.1. The SMILES string of the molecule is [2H]c1ccc2cc(-c3cccc(-c4c5ccccc5c(-c5ccc6oc7c([2H])cccc7c6c5)c5ccccc45)c3)ccc2c1. The lowest BCUT2D eigenvalue weighted by atomic mass is 9.85. The first-order valence-electron chi connectivity index (χ1n) is 15.6. The zero-order chi connectivity index (χ0) is 30.1. The fourth-order valence-corrected chi connectivity index (χ4v) is 6.72. The third kappa shape index (κ3) is 3.79. The lowest BCUT2D eigenvalue weighted by Crippen LogP contribution is -1.91. The van der Waals surface area contributed by atoms with Crippen molar-refractivity contribution in [1.82, 2.24) is 0 Å². The summed E-state index contributed by atoms with van der Waals surface area (Å²) >= 11 is 0. The molecule has 200 valence electrons. The molecule has 1 heterocycles. The highest BCUT2D eigenvalue weighted by Crippen LogP contribution is 2.45. The Morgan fingerprint density at radius 2 is 1.00 bits per heavy atom. The van der Waals surface area contributed by atoms with Crippen LogP contribution in [-0.2, 0) is 0 Å². The van der Waals surface area contributed by atoms with Crippen molar-refractivity contribution in [2.45, 2.75) is 0 Å². The summed E-state index contributed by atoms with van der Waals surface area (Å²) in [4.78, 5) is 0. The molecule has 1 heteroatoms. The highest BCUT2D eigenvalue weighted by molar-refractivity contribution is 6.22. The van der Waals surface area contributed by atoms with Crippen molar-refractivity contribution in [3.63, 3.8) is 0 Å². The molecule has 0 saturated carbocycles. The minimum atomic E-state index is 0.401. The molecule has 0 aliphatic heterocycles. The molecule has 0 atom stereocenters. The molecule has 43 heavy (non-hydrogen) atoms. The van der Waals surface area contributed by atoms with Crippen LogP contribution in [0.25, 0.3) is 87.6 Å². The molecule has 0 aliphatic carbocycles. The molecule has 0 radical (unpaired) electrons. The Morgan fingerprint density at radius 3 is 1.77 bits per heavy atom. The molecular formula is C42H26O. The summed E-state index contributed by atoms with van der Waals surface area (Å²) in [5, 5.41) is 9.01. The van der Waals surface area contributed by atoms with Gasteiger partial charge in [0.05, 0.1) is 2.74 Å². The lowest BCUT2D eigenvalue weighted by molar-refractivity contribution is 0.669. The molecule has 1 aromatic heterocycles. The molecule has 8 aromatic carbocycles. The van der Waals surface area contributed by atoms with E-state index in [1.54, 1.807) is 6.07 Å². The fourth-order valence-electron chi connectivity index (χ4n) is 6.72. The monoisotopic (exact) mass is 548 g/mol. The average Bonchev–Trinajstić information content (AvgIpc) is 3.46. The number of hydrogen-bond acceptors (Lipinski definition) is 1. The summed E-state index contributed by atoms with van der Waals surface area (Å²) in [6.07, 6.45) is 0. The van der Waals surface area contributed by atoms with E-state index < -0.39 is 0 Å². The van der Waals surface area contributed by atoms with E-state index >= 15 is 0 Å². The summed E-state index contributed by atoms with van der Waals surface area (Å²) in [7, 11) is 0. The van der Waals surface area contributed by atoms with Crippen molar-refractivity contribution in [2.24, 2.45) is 0 Å². The minimum Gasteiger partial charge on any atom is -0.456 e. The molecule has 1 nitrogen and oxygen atoms in total. The lowest BCUT2D eigenvalue weighted by Gasteiger charge is -2.18. The summed E-state index contributed by atoms with van der Waals surface area (Å²) in [6.45, 7) is 0. The molecule has 0 saturated heterocycles. The second-order valence-corrected chi connectivity index (χ2v) is 11.1. The van der Waals surface area contributed by atoms with Crippen molar-refractivity contribution in [3.8, 4) is 33.4 Å². The van der Waals surface area contributed by atoms with E-state index in [9.17, 15) is 0 Å². The Balaban J connectivity index is 1.28. The largest absolute Gasteiger partial charge is 0.456 e.